The van der Waals surface area contributed by atoms with Crippen LogP contribution >= 0.6 is 0 Å². The molecule has 0 aliphatic carbocycles. The molecule has 2 N–H and O–H groups in total. The van der Waals surface area contributed by atoms with Gasteiger partial charge in [-0.3, -0.25) is 4.99 Å². The maximum absolute atomic E-state index is 6.12. The molecule has 0 saturated carbocycles. The number of aliphatic imine (C=N–C) groups is 1. The average molecular weight is 353 g/mol. The summed E-state index contributed by atoms with van der Waals surface area (Å²) in [5, 5.41) is 4.18. The molecule has 2 aromatic rings. The highest BCUT2D eigenvalue weighted by Gasteiger charge is 2.15. The van der Waals surface area contributed by atoms with E-state index in [4.69, 9.17) is 15.3 Å². The van der Waals surface area contributed by atoms with Crippen LogP contribution < -0.4 is 10.5 Å². The molecular weight excluding hydrogens is 326 g/mol. The fourth-order valence-electron chi connectivity index (χ4n) is 2.50. The number of oxime groups is 1. The topological polar surface area (TPSA) is 69.2 Å². The molecule has 0 atom stereocenters. The Labute approximate surface area is 155 Å². The Morgan fingerprint density at radius 2 is 1.85 bits per heavy atom. The Morgan fingerprint density at radius 1 is 1.08 bits per heavy atom. The summed E-state index contributed by atoms with van der Waals surface area (Å²) in [4.78, 5) is 9.54. The molecule has 26 heavy (non-hydrogen) atoms. The minimum absolute atomic E-state index is 0.361. The first-order valence-corrected chi connectivity index (χ1v) is 8.85. The lowest BCUT2D eigenvalue weighted by Gasteiger charge is -2.14. The quantitative estimate of drug-likeness (QED) is 0.443. The Morgan fingerprint density at radius 3 is 2.58 bits per heavy atom. The van der Waals surface area contributed by atoms with Crippen LogP contribution in [0.25, 0.3) is 0 Å². The van der Waals surface area contributed by atoms with E-state index in [1.807, 2.05) is 51.1 Å². The summed E-state index contributed by atoms with van der Waals surface area (Å²) in [6.45, 7) is 9.35. The van der Waals surface area contributed by atoms with E-state index in [-0.39, 0.29) is 0 Å². The second-order valence-corrected chi connectivity index (χ2v) is 5.93. The molecule has 0 bridgehead atoms. The van der Waals surface area contributed by atoms with E-state index in [9.17, 15) is 0 Å². The standard InChI is InChI=1S/C21H27N3O2/c1-5-23-21(22)20(24-26-6-2)18-10-8-7-9-17(18)14-25-19-13-15(3)11-12-16(19)4/h7-13H,5-6,14H2,1-4H3,(H2,22,23). The van der Waals surface area contributed by atoms with Gasteiger partial charge < -0.3 is 15.3 Å². The first kappa shape index (κ1) is 19.5. The first-order valence-electron chi connectivity index (χ1n) is 8.85. The van der Waals surface area contributed by atoms with E-state index in [2.05, 4.69) is 29.2 Å². The molecule has 0 saturated heterocycles. The van der Waals surface area contributed by atoms with Crippen LogP contribution in [-0.4, -0.2) is 24.7 Å². The third-order valence-corrected chi connectivity index (χ3v) is 3.86. The number of nitrogens with two attached hydrogens (primary N) is 1. The predicted molar refractivity (Wildman–Crippen MR) is 107 cm³/mol. The summed E-state index contributed by atoms with van der Waals surface area (Å²) in [5.41, 5.74) is 10.8. The van der Waals surface area contributed by atoms with Gasteiger partial charge >= 0.3 is 0 Å². The molecule has 2 aromatic carbocycles. The van der Waals surface area contributed by atoms with Crippen molar-refractivity contribution in [1.29, 1.82) is 0 Å². The zero-order valence-electron chi connectivity index (χ0n) is 16.0. The molecule has 138 valence electrons. The summed E-state index contributed by atoms with van der Waals surface area (Å²) in [6.07, 6.45) is 0. The monoisotopic (exact) mass is 353 g/mol. The molecule has 0 heterocycles. The van der Waals surface area contributed by atoms with Crippen LogP contribution in [0.4, 0.5) is 0 Å². The highest BCUT2D eigenvalue weighted by Crippen LogP contribution is 2.21. The lowest BCUT2D eigenvalue weighted by molar-refractivity contribution is 0.159. The van der Waals surface area contributed by atoms with Crippen molar-refractivity contribution in [2.45, 2.75) is 34.3 Å². The Bertz CT molecular complexity index is 798. The Hall–Kier alpha value is -2.82. The van der Waals surface area contributed by atoms with Gasteiger partial charge in [-0.2, -0.15) is 0 Å². The second-order valence-electron chi connectivity index (χ2n) is 5.93. The van der Waals surface area contributed by atoms with Gasteiger partial charge in [-0.25, -0.2) is 0 Å². The number of rotatable bonds is 8. The van der Waals surface area contributed by atoms with E-state index >= 15 is 0 Å². The number of ether oxygens (including phenoxy) is 1. The zero-order chi connectivity index (χ0) is 18.9. The van der Waals surface area contributed by atoms with Crippen molar-refractivity contribution in [3.05, 3.63) is 64.7 Å². The molecule has 0 unspecified atom stereocenters. The summed E-state index contributed by atoms with van der Waals surface area (Å²) < 4.78 is 6.06. The predicted octanol–water partition coefficient (Wildman–Crippen LogP) is 4.00. The smallest absolute Gasteiger partial charge is 0.152 e. The molecule has 0 spiro atoms. The highest BCUT2D eigenvalue weighted by atomic mass is 16.6. The summed E-state index contributed by atoms with van der Waals surface area (Å²) in [6, 6.07) is 14.0. The van der Waals surface area contributed by atoms with E-state index in [1.54, 1.807) is 0 Å². The van der Waals surface area contributed by atoms with Crippen molar-refractivity contribution in [3.8, 4) is 5.75 Å². The zero-order valence-corrected chi connectivity index (χ0v) is 16.0. The normalized spacial score (nSPS) is 12.2. The van der Waals surface area contributed by atoms with E-state index < -0.39 is 0 Å². The number of aryl methyl sites for hydroxylation is 2. The number of hydrogen-bond donors (Lipinski definition) is 1. The molecule has 0 aliphatic rings. The van der Waals surface area contributed by atoms with Crippen LogP contribution in [0.1, 0.15) is 36.1 Å². The van der Waals surface area contributed by atoms with Crippen LogP contribution in [0.15, 0.2) is 52.6 Å². The molecule has 2 rings (SSSR count). The maximum Gasteiger partial charge on any atom is 0.152 e. The minimum atomic E-state index is 0.361. The maximum atomic E-state index is 6.12. The molecule has 0 radical (unpaired) electrons. The van der Waals surface area contributed by atoms with Gasteiger partial charge in [0.2, 0.25) is 0 Å². The van der Waals surface area contributed by atoms with Crippen LogP contribution in [0, 0.1) is 13.8 Å². The van der Waals surface area contributed by atoms with Crippen molar-refractivity contribution in [2.75, 3.05) is 13.2 Å². The fraction of sp³-hybridized carbons (Fsp3) is 0.333. The Kier molecular flexibility index (Phi) is 7.21. The van der Waals surface area contributed by atoms with Gasteiger partial charge in [0.05, 0.1) is 0 Å². The van der Waals surface area contributed by atoms with Crippen LogP contribution in [-0.2, 0) is 11.4 Å². The first-order chi connectivity index (χ1) is 12.6. The number of hydrogen-bond acceptors (Lipinski definition) is 4. The summed E-state index contributed by atoms with van der Waals surface area (Å²) in [7, 11) is 0. The van der Waals surface area contributed by atoms with E-state index in [0.717, 1.165) is 28.0 Å². The average Bonchev–Trinajstić information content (AvgIpc) is 2.64. The highest BCUT2D eigenvalue weighted by molar-refractivity contribution is 6.47. The fourth-order valence-corrected chi connectivity index (χ4v) is 2.50. The van der Waals surface area contributed by atoms with E-state index in [0.29, 0.717) is 31.3 Å². The van der Waals surface area contributed by atoms with Gasteiger partial charge in [0, 0.05) is 12.1 Å². The van der Waals surface area contributed by atoms with Gasteiger partial charge in [0.15, 0.2) is 5.71 Å². The molecule has 0 amide bonds. The number of benzene rings is 2. The van der Waals surface area contributed by atoms with Crippen molar-refractivity contribution >= 4 is 11.5 Å². The van der Waals surface area contributed by atoms with Crippen LogP contribution in [0.5, 0.6) is 5.75 Å². The van der Waals surface area contributed by atoms with E-state index in [1.165, 1.54) is 0 Å². The molecule has 0 aromatic heterocycles. The molecule has 5 heteroatoms. The second kappa shape index (κ2) is 9.61. The van der Waals surface area contributed by atoms with Gasteiger partial charge in [-0.15, -0.1) is 0 Å². The minimum Gasteiger partial charge on any atom is -0.489 e. The van der Waals surface area contributed by atoms with Crippen molar-refractivity contribution in [1.82, 2.24) is 0 Å². The lowest BCUT2D eigenvalue weighted by atomic mass is 10.0. The number of amidine groups is 1. The van der Waals surface area contributed by atoms with Crippen molar-refractivity contribution in [2.24, 2.45) is 15.9 Å². The van der Waals surface area contributed by atoms with Crippen LogP contribution in [0.2, 0.25) is 0 Å². The molecule has 5 nitrogen and oxygen atoms in total. The summed E-state index contributed by atoms with van der Waals surface area (Å²) in [5.74, 6) is 1.23. The molecule has 0 aliphatic heterocycles. The van der Waals surface area contributed by atoms with Gasteiger partial charge in [0.1, 0.15) is 24.8 Å². The number of nitrogens with zero attached hydrogens (tertiary/aromatic N) is 2. The largest absolute Gasteiger partial charge is 0.489 e. The third-order valence-electron chi connectivity index (χ3n) is 3.86. The van der Waals surface area contributed by atoms with Crippen molar-refractivity contribution in [3.63, 3.8) is 0 Å². The van der Waals surface area contributed by atoms with Crippen LogP contribution in [0.3, 0.4) is 0 Å². The van der Waals surface area contributed by atoms with Gasteiger partial charge in [-0.1, -0.05) is 41.6 Å². The molecular formula is C21H27N3O2. The SMILES string of the molecule is CCN=C(N)C(=NOCC)c1ccccc1COc1cc(C)ccc1C. The van der Waals surface area contributed by atoms with Crippen molar-refractivity contribution < 1.29 is 9.57 Å². The van der Waals surface area contributed by atoms with Gasteiger partial charge in [-0.05, 0) is 50.5 Å². The third kappa shape index (κ3) is 5.09. The Balaban J connectivity index is 2.33. The molecule has 0 fully saturated rings. The summed E-state index contributed by atoms with van der Waals surface area (Å²) >= 11 is 0. The van der Waals surface area contributed by atoms with Gasteiger partial charge in [0.25, 0.3) is 0 Å². The lowest BCUT2D eigenvalue weighted by Crippen LogP contribution is -2.27.